The van der Waals surface area contributed by atoms with Crippen molar-refractivity contribution in [3.63, 3.8) is 0 Å². The molecule has 0 spiro atoms. The van der Waals surface area contributed by atoms with Crippen LogP contribution in [0.2, 0.25) is 25.7 Å². The molecule has 0 aromatic heterocycles. The Morgan fingerprint density at radius 3 is 1.61 bits per heavy atom. The molecule has 0 aliphatic heterocycles. The summed E-state index contributed by atoms with van der Waals surface area (Å²) in [4.78, 5) is 0. The third-order valence-electron chi connectivity index (χ3n) is 2.26. The molecule has 0 aliphatic carbocycles. The van der Waals surface area contributed by atoms with Gasteiger partial charge in [-0.1, -0.05) is 19.6 Å². The molecule has 0 radical (unpaired) electrons. The molecule has 3 nitrogen and oxygen atoms in total. The summed E-state index contributed by atoms with van der Waals surface area (Å²) >= 11 is 2.12. The van der Waals surface area contributed by atoms with Gasteiger partial charge in [0.1, 0.15) is 7.22 Å². The summed E-state index contributed by atoms with van der Waals surface area (Å²) in [6.45, 7) is 15.2. The van der Waals surface area contributed by atoms with Crippen LogP contribution in [0.3, 0.4) is 0 Å². The first kappa shape index (κ1) is 18.7. The van der Waals surface area contributed by atoms with E-state index in [2.05, 4.69) is 30.9 Å². The van der Waals surface area contributed by atoms with Gasteiger partial charge in [0.25, 0.3) is 0 Å². The van der Waals surface area contributed by atoms with E-state index in [0.717, 1.165) is 12.5 Å². The second-order valence-electron chi connectivity index (χ2n) is 5.05. The van der Waals surface area contributed by atoms with Crippen LogP contribution in [-0.4, -0.2) is 41.6 Å². The van der Waals surface area contributed by atoms with Crippen molar-refractivity contribution in [2.24, 2.45) is 0 Å². The van der Waals surface area contributed by atoms with E-state index in [1.54, 1.807) is 0 Å². The second-order valence-corrected chi connectivity index (χ2v) is 17.2. The summed E-state index contributed by atoms with van der Waals surface area (Å²) in [6.07, 6.45) is 1.13. The van der Waals surface area contributed by atoms with Gasteiger partial charge in [-0.25, -0.2) is 0 Å². The van der Waals surface area contributed by atoms with Crippen molar-refractivity contribution in [2.75, 3.05) is 25.6 Å². The minimum atomic E-state index is -2.39. The van der Waals surface area contributed by atoms with Crippen molar-refractivity contribution in [1.82, 2.24) is 0 Å². The van der Waals surface area contributed by atoms with Gasteiger partial charge in [0.05, 0.1) is 0 Å². The average molecular weight is 311 g/mol. The van der Waals surface area contributed by atoms with Gasteiger partial charge in [0, 0.05) is 25.9 Å². The van der Waals surface area contributed by atoms with E-state index >= 15 is 0 Å². The smallest absolute Gasteiger partial charge is 0.374 e. The lowest BCUT2D eigenvalue weighted by molar-refractivity contribution is 0.0712. The molecule has 0 fully saturated rings. The molecule has 0 atom stereocenters. The van der Waals surface area contributed by atoms with Crippen molar-refractivity contribution in [2.45, 2.75) is 52.9 Å². The summed E-state index contributed by atoms with van der Waals surface area (Å²) in [5.41, 5.74) is 0. The fourth-order valence-electron chi connectivity index (χ4n) is 1.67. The van der Waals surface area contributed by atoms with Crippen molar-refractivity contribution in [3.8, 4) is 0 Å². The molecule has 0 aromatic rings. The number of hydrogen-bond donors (Lipinski definition) is 0. The zero-order valence-electron chi connectivity index (χ0n) is 12.9. The van der Waals surface area contributed by atoms with E-state index in [4.69, 9.17) is 13.3 Å². The van der Waals surface area contributed by atoms with E-state index < -0.39 is 16.0 Å². The first-order chi connectivity index (χ1) is 8.39. The van der Waals surface area contributed by atoms with Crippen LogP contribution in [0.15, 0.2) is 0 Å². The summed E-state index contributed by atoms with van der Waals surface area (Å²) in [5.74, 6) is 1.19. The lowest BCUT2D eigenvalue weighted by Gasteiger charge is -2.28. The Labute approximate surface area is 119 Å². The highest BCUT2D eigenvalue weighted by molar-refractivity contribution is 8.28. The molecule has 0 amide bonds. The van der Waals surface area contributed by atoms with E-state index in [-0.39, 0.29) is 0 Å². The van der Waals surface area contributed by atoms with Gasteiger partial charge >= 0.3 is 8.80 Å². The molecule has 0 aliphatic rings. The van der Waals surface area contributed by atoms with Crippen molar-refractivity contribution >= 4 is 27.2 Å². The molecule has 0 unspecified atom stereocenters. The van der Waals surface area contributed by atoms with Crippen LogP contribution in [0.25, 0.3) is 0 Å². The Kier molecular flexibility index (Phi) is 9.90. The number of rotatable bonds is 11. The highest BCUT2D eigenvalue weighted by Crippen LogP contribution is 2.24. The predicted octanol–water partition coefficient (Wildman–Crippen LogP) is 3.99. The zero-order valence-corrected chi connectivity index (χ0v) is 15.7. The maximum atomic E-state index is 5.84. The first-order valence-electron chi connectivity index (χ1n) is 6.95. The molecule has 0 N–H and O–H groups in total. The first-order valence-corrected chi connectivity index (χ1v) is 14.1. The van der Waals surface area contributed by atoms with Gasteiger partial charge < -0.3 is 13.3 Å². The van der Waals surface area contributed by atoms with Crippen molar-refractivity contribution in [1.29, 1.82) is 0 Å². The predicted molar refractivity (Wildman–Crippen MR) is 85.9 cm³/mol. The highest BCUT2D eigenvalue weighted by atomic mass is 32.4. The molecule has 0 rings (SSSR count). The Balaban J connectivity index is 4.21. The molecule has 0 saturated carbocycles. The van der Waals surface area contributed by atoms with Crippen LogP contribution in [0.1, 0.15) is 27.2 Å². The zero-order chi connectivity index (χ0) is 14.1. The minimum absolute atomic E-state index is 0.674. The van der Waals surface area contributed by atoms with Gasteiger partial charge in [-0.05, 0) is 32.9 Å². The Morgan fingerprint density at radius 2 is 1.28 bits per heavy atom. The van der Waals surface area contributed by atoms with E-state index in [0.29, 0.717) is 19.8 Å². The third kappa shape index (κ3) is 8.71. The Hall–Kier alpha value is 0.664. The SMILES string of the molecule is CCO[Si](CCCS[Si](C)(C)C)(OCC)OCC. The molecule has 0 bridgehead atoms. The lowest BCUT2D eigenvalue weighted by atomic mass is 10.6. The quantitative estimate of drug-likeness (QED) is 0.426. The third-order valence-corrected chi connectivity index (χ3v) is 9.98. The van der Waals surface area contributed by atoms with E-state index in [1.807, 2.05) is 20.8 Å². The normalized spacial score (nSPS) is 13.0. The summed E-state index contributed by atoms with van der Waals surface area (Å²) in [7, 11) is -3.39. The topological polar surface area (TPSA) is 27.7 Å². The van der Waals surface area contributed by atoms with Crippen LogP contribution in [0.5, 0.6) is 0 Å². The average Bonchev–Trinajstić information content (AvgIpc) is 2.24. The summed E-state index contributed by atoms with van der Waals surface area (Å²) in [6, 6.07) is 0.944. The van der Waals surface area contributed by atoms with Crippen LogP contribution in [0.4, 0.5) is 0 Å². The Morgan fingerprint density at radius 1 is 0.833 bits per heavy atom. The van der Waals surface area contributed by atoms with Gasteiger partial charge in [-0.15, -0.1) is 0 Å². The molecule has 110 valence electrons. The standard InChI is InChI=1S/C12H30O3SSi2/c1-7-13-18(14-8-2,15-9-3)12-10-11-16-17(4,5)6/h7-12H2,1-6H3. The van der Waals surface area contributed by atoms with Crippen LogP contribution < -0.4 is 0 Å². The fraction of sp³-hybridized carbons (Fsp3) is 1.00. The van der Waals surface area contributed by atoms with Crippen LogP contribution in [0, 0.1) is 0 Å². The van der Waals surface area contributed by atoms with Crippen LogP contribution in [-0.2, 0) is 13.3 Å². The molecule has 0 saturated heterocycles. The largest absolute Gasteiger partial charge is 0.500 e. The maximum absolute atomic E-state index is 5.84. The van der Waals surface area contributed by atoms with Gasteiger partial charge in [0.15, 0.2) is 0 Å². The molecular weight excluding hydrogens is 280 g/mol. The van der Waals surface area contributed by atoms with Gasteiger partial charge in [-0.3, -0.25) is 0 Å². The monoisotopic (exact) mass is 310 g/mol. The van der Waals surface area contributed by atoms with E-state index in [9.17, 15) is 0 Å². The van der Waals surface area contributed by atoms with Crippen molar-refractivity contribution < 1.29 is 13.3 Å². The van der Waals surface area contributed by atoms with E-state index in [1.165, 1.54) is 5.75 Å². The lowest BCUT2D eigenvalue weighted by Crippen LogP contribution is -2.46. The second kappa shape index (κ2) is 9.55. The summed E-state index contributed by atoms with van der Waals surface area (Å²) in [5, 5.41) is 0. The highest BCUT2D eigenvalue weighted by Gasteiger charge is 2.39. The van der Waals surface area contributed by atoms with Gasteiger partial charge in [0.2, 0.25) is 0 Å². The molecule has 18 heavy (non-hydrogen) atoms. The maximum Gasteiger partial charge on any atom is 0.500 e. The van der Waals surface area contributed by atoms with Gasteiger partial charge in [-0.2, -0.15) is 11.2 Å². The summed E-state index contributed by atoms with van der Waals surface area (Å²) < 4.78 is 17.5. The molecule has 6 heteroatoms. The Bertz CT molecular complexity index is 193. The molecule has 0 aromatic carbocycles. The van der Waals surface area contributed by atoms with Crippen LogP contribution >= 0.6 is 11.2 Å². The fourth-order valence-corrected chi connectivity index (χ4v) is 7.71. The van der Waals surface area contributed by atoms with Crippen molar-refractivity contribution in [3.05, 3.63) is 0 Å². The minimum Gasteiger partial charge on any atom is -0.374 e. The molecular formula is C12H30O3SSi2. The molecule has 0 heterocycles. The number of hydrogen-bond acceptors (Lipinski definition) is 4.